The van der Waals surface area contributed by atoms with Crippen LogP contribution in [-0.4, -0.2) is 19.3 Å². The molecular formula is C15H11BrClNO2. The molecule has 0 spiro atoms. The lowest BCUT2D eigenvalue weighted by atomic mass is 10.2. The Morgan fingerprint density at radius 1 is 1.30 bits per heavy atom. The van der Waals surface area contributed by atoms with E-state index >= 15 is 0 Å². The van der Waals surface area contributed by atoms with Gasteiger partial charge in [0.25, 0.3) is 0 Å². The summed E-state index contributed by atoms with van der Waals surface area (Å²) >= 11 is 9.36. The summed E-state index contributed by atoms with van der Waals surface area (Å²) in [6, 6.07) is 12.6. The molecule has 0 radical (unpaired) electrons. The van der Waals surface area contributed by atoms with E-state index in [1.807, 2.05) is 24.3 Å². The number of nitrogens with zero attached hydrogens (tertiary/aromatic N) is 1. The van der Waals surface area contributed by atoms with Crippen molar-refractivity contribution in [3.8, 4) is 0 Å². The summed E-state index contributed by atoms with van der Waals surface area (Å²) in [5.41, 5.74) is 1.92. The molecule has 20 heavy (non-hydrogen) atoms. The third kappa shape index (κ3) is 3.92. The van der Waals surface area contributed by atoms with Crippen molar-refractivity contribution in [1.82, 2.24) is 0 Å². The minimum absolute atomic E-state index is 0.376. The van der Waals surface area contributed by atoms with E-state index in [0.29, 0.717) is 16.3 Å². The predicted octanol–water partition coefficient (Wildman–Crippen LogP) is 4.64. The van der Waals surface area contributed by atoms with Crippen LogP contribution in [0.4, 0.5) is 5.69 Å². The number of hydrogen-bond donors (Lipinski definition) is 0. The van der Waals surface area contributed by atoms with Gasteiger partial charge in [0, 0.05) is 15.7 Å². The van der Waals surface area contributed by atoms with Crippen molar-refractivity contribution in [2.24, 2.45) is 4.99 Å². The van der Waals surface area contributed by atoms with Gasteiger partial charge in [-0.1, -0.05) is 39.7 Å². The lowest BCUT2D eigenvalue weighted by Gasteiger charge is -2.02. The summed E-state index contributed by atoms with van der Waals surface area (Å²) in [6.45, 7) is 0. The highest BCUT2D eigenvalue weighted by molar-refractivity contribution is 9.10. The molecule has 0 aromatic heterocycles. The molecule has 3 nitrogen and oxygen atoms in total. The summed E-state index contributed by atoms with van der Waals surface area (Å²) in [6.07, 6.45) is 1.71. The van der Waals surface area contributed by atoms with E-state index in [1.54, 1.807) is 24.4 Å². The maximum Gasteiger partial charge on any atom is 0.337 e. The van der Waals surface area contributed by atoms with E-state index in [9.17, 15) is 4.79 Å². The van der Waals surface area contributed by atoms with Crippen LogP contribution in [-0.2, 0) is 4.74 Å². The van der Waals surface area contributed by atoms with E-state index in [2.05, 4.69) is 25.7 Å². The zero-order valence-corrected chi connectivity index (χ0v) is 13.0. The average molecular weight is 353 g/mol. The average Bonchev–Trinajstić information content (AvgIpc) is 2.44. The molecule has 0 amide bonds. The maximum atomic E-state index is 11.5. The van der Waals surface area contributed by atoms with Crippen molar-refractivity contribution in [2.45, 2.75) is 0 Å². The zero-order chi connectivity index (χ0) is 14.5. The summed E-state index contributed by atoms with van der Waals surface area (Å²) in [5, 5.41) is 0.439. The Labute approximate surface area is 130 Å². The fourth-order valence-corrected chi connectivity index (χ4v) is 2.27. The topological polar surface area (TPSA) is 38.7 Å². The molecule has 0 atom stereocenters. The molecule has 5 heteroatoms. The van der Waals surface area contributed by atoms with Crippen LogP contribution in [0.5, 0.6) is 0 Å². The molecule has 0 aliphatic heterocycles. The normalized spacial score (nSPS) is 10.8. The Hall–Kier alpha value is -1.65. The number of esters is 1. The molecule has 0 bridgehead atoms. The lowest BCUT2D eigenvalue weighted by Crippen LogP contribution is -2.00. The fraction of sp³-hybridized carbons (Fsp3) is 0.0667. The first-order valence-electron chi connectivity index (χ1n) is 5.77. The summed E-state index contributed by atoms with van der Waals surface area (Å²) in [5.74, 6) is -0.439. The first-order valence-corrected chi connectivity index (χ1v) is 6.94. The highest BCUT2D eigenvalue weighted by atomic mass is 79.9. The van der Waals surface area contributed by atoms with Crippen LogP contribution < -0.4 is 0 Å². The number of ether oxygens (including phenoxy) is 1. The predicted molar refractivity (Wildman–Crippen MR) is 84.2 cm³/mol. The molecule has 0 fully saturated rings. The lowest BCUT2D eigenvalue weighted by molar-refractivity contribution is 0.0601. The van der Waals surface area contributed by atoms with Gasteiger partial charge in [0.2, 0.25) is 0 Å². The SMILES string of the molecule is COC(=O)c1cc(Cl)cc(N=Cc2cccc(Br)c2)c1. The van der Waals surface area contributed by atoms with Crippen LogP contribution in [0.1, 0.15) is 15.9 Å². The van der Waals surface area contributed by atoms with Crippen LogP contribution in [0.15, 0.2) is 51.9 Å². The Balaban J connectivity index is 2.29. The van der Waals surface area contributed by atoms with Crippen LogP contribution in [0.25, 0.3) is 0 Å². The van der Waals surface area contributed by atoms with Gasteiger partial charge in [0.05, 0.1) is 18.4 Å². The van der Waals surface area contributed by atoms with Crippen LogP contribution in [0.2, 0.25) is 5.02 Å². The van der Waals surface area contributed by atoms with Gasteiger partial charge in [-0.2, -0.15) is 0 Å². The van der Waals surface area contributed by atoms with E-state index in [1.165, 1.54) is 7.11 Å². The van der Waals surface area contributed by atoms with Gasteiger partial charge in [0.1, 0.15) is 0 Å². The standard InChI is InChI=1S/C15H11BrClNO2/c1-20-15(19)11-6-13(17)8-14(7-11)18-9-10-3-2-4-12(16)5-10/h2-9H,1H3. The van der Waals surface area contributed by atoms with Gasteiger partial charge < -0.3 is 4.74 Å². The summed E-state index contributed by atoms with van der Waals surface area (Å²) in [7, 11) is 1.33. The highest BCUT2D eigenvalue weighted by Gasteiger charge is 2.07. The quantitative estimate of drug-likeness (QED) is 0.596. The molecule has 0 aliphatic rings. The Morgan fingerprint density at radius 2 is 2.10 bits per heavy atom. The third-order valence-electron chi connectivity index (χ3n) is 2.52. The van der Waals surface area contributed by atoms with E-state index < -0.39 is 5.97 Å². The Morgan fingerprint density at radius 3 is 2.80 bits per heavy atom. The summed E-state index contributed by atoms with van der Waals surface area (Å²) < 4.78 is 5.64. The van der Waals surface area contributed by atoms with Gasteiger partial charge in [-0.25, -0.2) is 4.79 Å². The van der Waals surface area contributed by atoms with Crippen molar-refractivity contribution in [3.63, 3.8) is 0 Å². The molecule has 0 aliphatic carbocycles. The number of carbonyl (C=O) groups is 1. The van der Waals surface area contributed by atoms with Crippen LogP contribution in [0, 0.1) is 0 Å². The maximum absolute atomic E-state index is 11.5. The van der Waals surface area contributed by atoms with Gasteiger partial charge in [0.15, 0.2) is 0 Å². The zero-order valence-electron chi connectivity index (χ0n) is 10.6. The minimum Gasteiger partial charge on any atom is -0.465 e. The highest BCUT2D eigenvalue weighted by Crippen LogP contribution is 2.22. The van der Waals surface area contributed by atoms with Crippen molar-refractivity contribution in [3.05, 3.63) is 63.1 Å². The van der Waals surface area contributed by atoms with E-state index in [4.69, 9.17) is 11.6 Å². The van der Waals surface area contributed by atoms with Crippen molar-refractivity contribution < 1.29 is 9.53 Å². The molecule has 2 aromatic carbocycles. The van der Waals surface area contributed by atoms with E-state index in [0.717, 1.165) is 10.0 Å². The number of methoxy groups -OCH3 is 1. The van der Waals surface area contributed by atoms with Crippen molar-refractivity contribution >= 4 is 45.4 Å². The number of carbonyl (C=O) groups excluding carboxylic acids is 1. The van der Waals surface area contributed by atoms with Gasteiger partial charge in [-0.05, 0) is 35.9 Å². The monoisotopic (exact) mass is 351 g/mol. The number of aliphatic imine (C=N–C) groups is 1. The molecule has 2 aromatic rings. The molecule has 102 valence electrons. The minimum atomic E-state index is -0.439. The largest absolute Gasteiger partial charge is 0.465 e. The Kier molecular flexibility index (Phi) is 4.93. The number of halogens is 2. The molecule has 0 N–H and O–H groups in total. The number of benzene rings is 2. The van der Waals surface area contributed by atoms with Crippen LogP contribution >= 0.6 is 27.5 Å². The van der Waals surface area contributed by atoms with Crippen molar-refractivity contribution in [1.29, 1.82) is 0 Å². The second-order valence-corrected chi connectivity index (χ2v) is 5.36. The fourth-order valence-electron chi connectivity index (χ4n) is 1.62. The first-order chi connectivity index (χ1) is 9.58. The second kappa shape index (κ2) is 6.68. The van der Waals surface area contributed by atoms with Gasteiger partial charge in [-0.15, -0.1) is 0 Å². The molecule has 0 saturated carbocycles. The molecule has 0 saturated heterocycles. The molecule has 0 unspecified atom stereocenters. The Bertz CT molecular complexity index is 671. The first kappa shape index (κ1) is 14.8. The molecular weight excluding hydrogens is 342 g/mol. The smallest absolute Gasteiger partial charge is 0.337 e. The van der Waals surface area contributed by atoms with Crippen molar-refractivity contribution in [2.75, 3.05) is 7.11 Å². The molecule has 0 heterocycles. The molecule has 2 rings (SSSR count). The second-order valence-electron chi connectivity index (χ2n) is 4.00. The number of rotatable bonds is 3. The van der Waals surface area contributed by atoms with Crippen LogP contribution in [0.3, 0.4) is 0 Å². The van der Waals surface area contributed by atoms with Gasteiger partial charge in [-0.3, -0.25) is 4.99 Å². The van der Waals surface area contributed by atoms with E-state index in [-0.39, 0.29) is 0 Å². The third-order valence-corrected chi connectivity index (χ3v) is 3.23. The summed E-state index contributed by atoms with van der Waals surface area (Å²) in [4.78, 5) is 15.8. The van der Waals surface area contributed by atoms with Gasteiger partial charge >= 0.3 is 5.97 Å². The number of hydrogen-bond acceptors (Lipinski definition) is 3.